The molecule has 1 aliphatic rings. The predicted molar refractivity (Wildman–Crippen MR) is 112 cm³/mol. The Bertz CT molecular complexity index is 765. The van der Waals surface area contributed by atoms with Crippen LogP contribution in [0.3, 0.4) is 0 Å². The summed E-state index contributed by atoms with van der Waals surface area (Å²) in [5, 5.41) is 26.9. The number of carboxylic acids is 1. The molecule has 1 aliphatic heterocycles. The van der Waals surface area contributed by atoms with Gasteiger partial charge in [0.2, 0.25) is 29.5 Å². The van der Waals surface area contributed by atoms with E-state index in [1.165, 1.54) is 13.8 Å². The maximum atomic E-state index is 12.6. The Labute approximate surface area is 187 Å². The summed E-state index contributed by atoms with van der Waals surface area (Å²) in [6.07, 6.45) is -0.573. The Balaban J connectivity index is 3.24. The van der Waals surface area contributed by atoms with Crippen LogP contribution in [0, 0.1) is 0 Å². The van der Waals surface area contributed by atoms with Crippen molar-refractivity contribution in [3.05, 3.63) is 0 Å². The lowest BCUT2D eigenvalue weighted by molar-refractivity contribution is -0.138. The predicted octanol–water partition coefficient (Wildman–Crippen LogP) is -4.64. The third-order valence-corrected chi connectivity index (χ3v) is 5.99. The van der Waals surface area contributed by atoms with Crippen molar-refractivity contribution in [1.29, 1.82) is 0 Å². The number of aliphatic hydroxyl groups excluding tert-OH is 1. The molecule has 0 saturated carbocycles. The average molecular weight is 477 g/mol. The van der Waals surface area contributed by atoms with Gasteiger partial charge in [-0.05, 0) is 13.8 Å². The van der Waals surface area contributed by atoms with Gasteiger partial charge >= 0.3 is 5.97 Å². The highest BCUT2D eigenvalue weighted by Crippen LogP contribution is 2.17. The van der Waals surface area contributed by atoms with E-state index < -0.39 is 84.0 Å². The summed E-state index contributed by atoms with van der Waals surface area (Å²) in [6, 6.07) is -6.30. The van der Waals surface area contributed by atoms with Crippen LogP contribution in [0.2, 0.25) is 0 Å². The molecule has 6 atom stereocenters. The van der Waals surface area contributed by atoms with Gasteiger partial charge in [-0.3, -0.25) is 28.8 Å². The maximum Gasteiger partial charge on any atom is 0.318 e. The third-order valence-electron chi connectivity index (χ3n) is 4.47. The summed E-state index contributed by atoms with van der Waals surface area (Å²) in [6.45, 7) is 1.87. The number of carbonyl (C=O) groups excluding carboxylic acids is 5. The van der Waals surface area contributed by atoms with Gasteiger partial charge in [0.15, 0.2) is 0 Å². The van der Waals surface area contributed by atoms with Crippen molar-refractivity contribution in [1.82, 2.24) is 21.3 Å². The number of thioether (sulfide) groups is 1. The first kappa shape index (κ1) is 27.1. The molecule has 0 bridgehead atoms. The van der Waals surface area contributed by atoms with Crippen LogP contribution in [0.15, 0.2) is 0 Å². The quantitative estimate of drug-likeness (QED) is 0.193. The van der Waals surface area contributed by atoms with Gasteiger partial charge in [-0.1, -0.05) is 0 Å². The number of rotatable bonds is 4. The molecule has 0 aromatic rings. The van der Waals surface area contributed by atoms with E-state index >= 15 is 0 Å². The second kappa shape index (κ2) is 12.2. The minimum absolute atomic E-state index is 0.180. The molecule has 3 unspecified atom stereocenters. The fraction of sp³-hybridized carbons (Fsp3) is 0.647. The molecular weight excluding hydrogens is 448 g/mol. The van der Waals surface area contributed by atoms with E-state index in [9.17, 15) is 39.0 Å². The van der Waals surface area contributed by atoms with Gasteiger partial charge in [0, 0.05) is 11.8 Å². The van der Waals surface area contributed by atoms with Gasteiger partial charge in [-0.25, -0.2) is 0 Å². The molecule has 0 spiro atoms. The number of hydrogen-bond acceptors (Lipinski definition) is 9. The van der Waals surface area contributed by atoms with E-state index in [1.807, 2.05) is 0 Å². The molecule has 1 heterocycles. The molecule has 0 radical (unpaired) electrons. The molecule has 180 valence electrons. The minimum Gasteiger partial charge on any atom is -0.480 e. The van der Waals surface area contributed by atoms with Crippen LogP contribution in [-0.2, 0) is 28.8 Å². The highest BCUT2D eigenvalue weighted by Gasteiger charge is 2.33. The van der Waals surface area contributed by atoms with Crippen molar-refractivity contribution < 1.29 is 39.0 Å². The van der Waals surface area contributed by atoms with Crippen LogP contribution in [0.4, 0.5) is 0 Å². The van der Waals surface area contributed by atoms with Gasteiger partial charge in [0.25, 0.3) is 0 Å². The Kier molecular flexibility index (Phi) is 10.3. The molecule has 5 amide bonds. The number of aliphatic hydroxyl groups is 1. The second-order valence-corrected chi connectivity index (χ2v) is 8.38. The normalized spacial score (nSPS) is 31.0. The molecule has 1 fully saturated rings. The zero-order chi connectivity index (χ0) is 24.6. The first-order valence-corrected chi connectivity index (χ1v) is 10.6. The van der Waals surface area contributed by atoms with Crippen LogP contribution in [0.25, 0.3) is 0 Å². The number of carbonyl (C=O) groups is 6. The number of nitrogens with two attached hydrogens (primary N) is 2. The molecule has 0 aromatic heterocycles. The number of aliphatic carboxylic acids is 1. The van der Waals surface area contributed by atoms with E-state index in [0.29, 0.717) is 0 Å². The van der Waals surface area contributed by atoms with Gasteiger partial charge in [-0.15, -0.1) is 11.8 Å². The van der Waals surface area contributed by atoms with E-state index in [-0.39, 0.29) is 5.75 Å². The highest BCUT2D eigenvalue weighted by molar-refractivity contribution is 8.00. The van der Waals surface area contributed by atoms with E-state index in [0.717, 1.165) is 11.8 Å². The van der Waals surface area contributed by atoms with Crippen molar-refractivity contribution in [2.24, 2.45) is 11.5 Å². The Morgan fingerprint density at radius 3 is 2.06 bits per heavy atom. The molecule has 1 saturated heterocycles. The van der Waals surface area contributed by atoms with E-state index in [4.69, 9.17) is 11.5 Å². The number of nitrogens with one attached hydrogen (secondary N) is 4. The van der Waals surface area contributed by atoms with Crippen molar-refractivity contribution in [3.8, 4) is 0 Å². The molecule has 32 heavy (non-hydrogen) atoms. The lowest BCUT2D eigenvalue weighted by Crippen LogP contribution is -2.59. The first-order chi connectivity index (χ1) is 14.9. The summed E-state index contributed by atoms with van der Waals surface area (Å²) in [5.41, 5.74) is 10.9. The average Bonchev–Trinajstić information content (AvgIpc) is 2.69. The van der Waals surface area contributed by atoms with Crippen molar-refractivity contribution in [2.45, 2.75) is 55.7 Å². The van der Waals surface area contributed by atoms with Gasteiger partial charge < -0.3 is 42.9 Å². The zero-order valence-electron chi connectivity index (χ0n) is 17.5. The van der Waals surface area contributed by atoms with Crippen LogP contribution >= 0.6 is 11.8 Å². The van der Waals surface area contributed by atoms with Crippen molar-refractivity contribution in [3.63, 3.8) is 0 Å². The molecule has 1 rings (SSSR count). The Morgan fingerprint density at radius 1 is 0.969 bits per heavy atom. The second-order valence-electron chi connectivity index (χ2n) is 7.20. The van der Waals surface area contributed by atoms with Crippen molar-refractivity contribution >= 4 is 47.3 Å². The number of hydrogen-bond donors (Lipinski definition) is 8. The highest BCUT2D eigenvalue weighted by atomic mass is 32.2. The fourth-order valence-electron chi connectivity index (χ4n) is 2.67. The SMILES string of the molecule is CC1NC(=O)[C@H](CC(N)=O)NC(=O)[C@H](C)NC(=O)C(CO)NC(=O)[C@@H](N)CSC1C(=O)O. The topological polar surface area (TPSA) is 243 Å². The summed E-state index contributed by atoms with van der Waals surface area (Å²) in [5.74, 6) is -5.82. The lowest BCUT2D eigenvalue weighted by Gasteiger charge is -2.27. The van der Waals surface area contributed by atoms with Crippen LogP contribution in [0.1, 0.15) is 20.3 Å². The number of amides is 5. The van der Waals surface area contributed by atoms with Crippen molar-refractivity contribution in [2.75, 3.05) is 12.4 Å². The van der Waals surface area contributed by atoms with Gasteiger partial charge in [0.1, 0.15) is 23.4 Å². The fourth-order valence-corrected chi connectivity index (χ4v) is 3.74. The molecule has 14 nitrogen and oxygen atoms in total. The molecule has 15 heteroatoms. The van der Waals surface area contributed by atoms with E-state index in [2.05, 4.69) is 21.3 Å². The maximum absolute atomic E-state index is 12.6. The lowest BCUT2D eigenvalue weighted by atomic mass is 10.1. The zero-order valence-corrected chi connectivity index (χ0v) is 18.3. The molecule has 0 aromatic carbocycles. The minimum atomic E-state index is -1.43. The number of primary amides is 1. The molecule has 10 N–H and O–H groups in total. The standard InChI is InChI=1S/C17H28N6O8S/c1-6-12(17(30)31)32-5-8(18)14(27)23-10(4-24)16(29)21-7(2)13(26)22-9(3-11(19)25)15(28)20-6/h6-10,12,24H,3-5,18H2,1-2H3,(H2,19,25)(H,20,28)(H,21,29)(H,22,26)(H,23,27)(H,30,31)/t6?,7-,8-,9-,10?,12?/m0/s1. The monoisotopic (exact) mass is 476 g/mol. The number of carboxylic acid groups (broad SMARTS) is 1. The Morgan fingerprint density at radius 2 is 1.53 bits per heavy atom. The van der Waals surface area contributed by atoms with Crippen LogP contribution in [-0.4, -0.2) is 93.5 Å². The van der Waals surface area contributed by atoms with Gasteiger partial charge in [0.05, 0.1) is 19.1 Å². The van der Waals surface area contributed by atoms with Gasteiger partial charge in [-0.2, -0.15) is 0 Å². The molecular formula is C17H28N6O8S. The Hall–Kier alpha value is -2.91. The van der Waals surface area contributed by atoms with E-state index in [1.54, 1.807) is 0 Å². The largest absolute Gasteiger partial charge is 0.480 e. The first-order valence-electron chi connectivity index (χ1n) is 9.58. The summed E-state index contributed by atoms with van der Waals surface area (Å²) in [4.78, 5) is 72.6. The summed E-state index contributed by atoms with van der Waals surface area (Å²) >= 11 is 0.771. The molecule has 0 aliphatic carbocycles. The summed E-state index contributed by atoms with van der Waals surface area (Å²) in [7, 11) is 0. The smallest absolute Gasteiger partial charge is 0.318 e. The van der Waals surface area contributed by atoms with Crippen LogP contribution < -0.4 is 32.7 Å². The third kappa shape index (κ3) is 7.97. The summed E-state index contributed by atoms with van der Waals surface area (Å²) < 4.78 is 0. The van der Waals surface area contributed by atoms with Crippen LogP contribution in [0.5, 0.6) is 0 Å².